The van der Waals surface area contributed by atoms with E-state index in [4.69, 9.17) is 15.3 Å². The van der Waals surface area contributed by atoms with Gasteiger partial charge in [-0.2, -0.15) is 14.9 Å². The molecule has 0 aromatic heterocycles. The van der Waals surface area contributed by atoms with Crippen molar-refractivity contribution in [3.63, 3.8) is 0 Å². The lowest BCUT2D eigenvalue weighted by Gasteiger charge is -2.26. The number of halogens is 1. The summed E-state index contributed by atoms with van der Waals surface area (Å²) in [6.07, 6.45) is 6.08. The predicted molar refractivity (Wildman–Crippen MR) is 86.3 cm³/mol. The van der Waals surface area contributed by atoms with Gasteiger partial charge in [-0.3, -0.25) is 4.79 Å². The minimum atomic E-state index is -0.727. The Bertz CT molecular complexity index is 675. The molecule has 2 rings (SSSR count). The van der Waals surface area contributed by atoms with Crippen LogP contribution < -0.4 is 4.74 Å². The largest absolute Gasteiger partial charge is 0.426 e. The standard InChI is InChI=1S/C19H19FN2O2/c20-17(13-22)3-1-2-14-4-8-16(9-5-14)19(23)24-18-10-6-15(12-21)7-11-18/h3,6-7,10-11,14,16H,1-2,4-5,8-9H2/b17-3+. The lowest BCUT2D eigenvalue weighted by Crippen LogP contribution is -2.25. The summed E-state index contributed by atoms with van der Waals surface area (Å²) in [4.78, 5) is 12.2. The summed E-state index contributed by atoms with van der Waals surface area (Å²) < 4.78 is 18.1. The number of allylic oxidation sites excluding steroid dienone is 2. The van der Waals surface area contributed by atoms with Gasteiger partial charge in [0.05, 0.1) is 17.6 Å². The number of nitriles is 2. The van der Waals surface area contributed by atoms with Gasteiger partial charge in [0, 0.05) is 0 Å². The van der Waals surface area contributed by atoms with Crippen LogP contribution in [0.1, 0.15) is 44.1 Å². The Balaban J connectivity index is 1.76. The molecule has 4 nitrogen and oxygen atoms in total. The molecular weight excluding hydrogens is 307 g/mol. The smallest absolute Gasteiger partial charge is 0.314 e. The Labute approximate surface area is 141 Å². The molecule has 0 heterocycles. The molecule has 1 aromatic rings. The van der Waals surface area contributed by atoms with Gasteiger partial charge in [0.1, 0.15) is 11.8 Å². The van der Waals surface area contributed by atoms with Crippen LogP contribution in [0.15, 0.2) is 36.2 Å². The quantitative estimate of drug-likeness (QED) is 0.456. The van der Waals surface area contributed by atoms with Crippen LogP contribution in [0.4, 0.5) is 4.39 Å². The molecule has 0 unspecified atom stereocenters. The van der Waals surface area contributed by atoms with Crippen molar-refractivity contribution >= 4 is 5.97 Å². The second-order valence-corrected chi connectivity index (χ2v) is 6.02. The van der Waals surface area contributed by atoms with Crippen molar-refractivity contribution in [2.75, 3.05) is 0 Å². The van der Waals surface area contributed by atoms with E-state index in [0.29, 0.717) is 23.7 Å². The fraction of sp³-hybridized carbons (Fsp3) is 0.421. The number of hydrogen-bond donors (Lipinski definition) is 0. The van der Waals surface area contributed by atoms with Crippen molar-refractivity contribution in [1.82, 2.24) is 0 Å². The Morgan fingerprint density at radius 2 is 1.88 bits per heavy atom. The molecule has 0 aliphatic heterocycles. The average Bonchev–Trinajstić information content (AvgIpc) is 2.62. The van der Waals surface area contributed by atoms with E-state index in [9.17, 15) is 9.18 Å². The number of carbonyl (C=O) groups excluding carboxylic acids is 1. The van der Waals surface area contributed by atoms with Crippen LogP contribution in [0.25, 0.3) is 0 Å². The van der Waals surface area contributed by atoms with Gasteiger partial charge in [-0.25, -0.2) is 0 Å². The summed E-state index contributed by atoms with van der Waals surface area (Å²) in [6, 6.07) is 9.97. The van der Waals surface area contributed by atoms with Gasteiger partial charge in [-0.1, -0.05) is 0 Å². The third-order valence-electron chi connectivity index (χ3n) is 4.39. The van der Waals surface area contributed by atoms with Gasteiger partial charge in [-0.15, -0.1) is 0 Å². The number of benzene rings is 1. The molecular formula is C19H19FN2O2. The van der Waals surface area contributed by atoms with Crippen molar-refractivity contribution in [2.45, 2.75) is 38.5 Å². The number of nitrogens with zero attached hydrogens (tertiary/aromatic N) is 2. The molecule has 24 heavy (non-hydrogen) atoms. The van der Waals surface area contributed by atoms with Gasteiger partial charge in [0.15, 0.2) is 5.83 Å². The highest BCUT2D eigenvalue weighted by atomic mass is 19.1. The number of hydrogen-bond acceptors (Lipinski definition) is 4. The zero-order valence-electron chi connectivity index (χ0n) is 13.4. The monoisotopic (exact) mass is 326 g/mol. The highest BCUT2D eigenvalue weighted by Gasteiger charge is 2.27. The molecule has 1 saturated carbocycles. The molecule has 0 N–H and O–H groups in total. The zero-order chi connectivity index (χ0) is 17.4. The minimum Gasteiger partial charge on any atom is -0.426 e. The first kappa shape index (κ1) is 17.7. The second kappa shape index (κ2) is 8.84. The molecule has 124 valence electrons. The Morgan fingerprint density at radius 3 is 2.46 bits per heavy atom. The van der Waals surface area contributed by atoms with Crippen LogP contribution in [0.3, 0.4) is 0 Å². The van der Waals surface area contributed by atoms with Crippen LogP contribution in [-0.2, 0) is 4.79 Å². The third kappa shape index (κ3) is 5.21. The van der Waals surface area contributed by atoms with Gasteiger partial charge in [0.25, 0.3) is 0 Å². The maximum atomic E-state index is 12.7. The summed E-state index contributed by atoms with van der Waals surface area (Å²) in [5.74, 6) is -0.142. The Kier molecular flexibility index (Phi) is 6.51. The zero-order valence-corrected chi connectivity index (χ0v) is 13.4. The highest BCUT2D eigenvalue weighted by molar-refractivity contribution is 5.75. The summed E-state index contributed by atoms with van der Waals surface area (Å²) in [7, 11) is 0. The molecule has 0 amide bonds. The van der Waals surface area contributed by atoms with E-state index in [1.165, 1.54) is 12.1 Å². The SMILES string of the molecule is N#C/C(F)=C\CCC1CCC(C(=O)Oc2ccc(C#N)cc2)CC1. The lowest BCUT2D eigenvalue weighted by atomic mass is 9.80. The highest BCUT2D eigenvalue weighted by Crippen LogP contribution is 2.32. The number of carbonyl (C=O) groups is 1. The molecule has 0 radical (unpaired) electrons. The first-order valence-electron chi connectivity index (χ1n) is 8.10. The topological polar surface area (TPSA) is 73.9 Å². The number of esters is 1. The van der Waals surface area contributed by atoms with E-state index >= 15 is 0 Å². The van der Waals surface area contributed by atoms with Crippen molar-refractivity contribution < 1.29 is 13.9 Å². The predicted octanol–water partition coefficient (Wildman–Crippen LogP) is 4.43. The van der Waals surface area contributed by atoms with Gasteiger partial charge < -0.3 is 4.74 Å². The molecule has 0 saturated heterocycles. The van der Waals surface area contributed by atoms with E-state index in [1.54, 1.807) is 24.3 Å². The molecule has 1 aliphatic carbocycles. The molecule has 0 spiro atoms. The van der Waals surface area contributed by atoms with Gasteiger partial charge in [-0.05, 0) is 74.8 Å². The van der Waals surface area contributed by atoms with E-state index in [-0.39, 0.29) is 11.9 Å². The molecule has 1 aliphatic rings. The van der Waals surface area contributed by atoms with Crippen LogP contribution >= 0.6 is 0 Å². The fourth-order valence-corrected chi connectivity index (χ4v) is 2.98. The van der Waals surface area contributed by atoms with E-state index in [2.05, 4.69) is 0 Å². The minimum absolute atomic E-state index is 0.108. The summed E-state index contributed by atoms with van der Waals surface area (Å²) in [5, 5.41) is 17.1. The Hall–Kier alpha value is -2.66. The van der Waals surface area contributed by atoms with Crippen LogP contribution in [0.2, 0.25) is 0 Å². The maximum absolute atomic E-state index is 12.7. The second-order valence-electron chi connectivity index (χ2n) is 6.02. The van der Waals surface area contributed by atoms with Crippen LogP contribution in [0, 0.1) is 34.5 Å². The van der Waals surface area contributed by atoms with Gasteiger partial charge in [0.2, 0.25) is 0 Å². The molecule has 0 atom stereocenters. The number of rotatable bonds is 5. The summed E-state index contributed by atoms with van der Waals surface area (Å²) in [5.41, 5.74) is 0.525. The third-order valence-corrected chi connectivity index (χ3v) is 4.39. The van der Waals surface area contributed by atoms with Crippen molar-refractivity contribution in [3.8, 4) is 17.9 Å². The molecule has 1 aromatic carbocycles. The molecule has 0 bridgehead atoms. The fourth-order valence-electron chi connectivity index (χ4n) is 2.98. The van der Waals surface area contributed by atoms with Crippen molar-refractivity contribution in [1.29, 1.82) is 10.5 Å². The first-order valence-corrected chi connectivity index (χ1v) is 8.10. The molecule has 1 fully saturated rings. The normalized spacial score (nSPS) is 20.7. The van der Waals surface area contributed by atoms with E-state index in [1.807, 2.05) is 6.07 Å². The van der Waals surface area contributed by atoms with Crippen LogP contribution in [0.5, 0.6) is 5.75 Å². The Morgan fingerprint density at radius 1 is 1.21 bits per heavy atom. The maximum Gasteiger partial charge on any atom is 0.314 e. The van der Waals surface area contributed by atoms with E-state index in [0.717, 1.165) is 32.1 Å². The first-order chi connectivity index (χ1) is 11.6. The van der Waals surface area contributed by atoms with Gasteiger partial charge >= 0.3 is 5.97 Å². The van der Waals surface area contributed by atoms with E-state index < -0.39 is 5.83 Å². The molecule has 5 heteroatoms. The van der Waals surface area contributed by atoms with Crippen molar-refractivity contribution in [2.24, 2.45) is 11.8 Å². The number of ether oxygens (including phenoxy) is 1. The van der Waals surface area contributed by atoms with Crippen LogP contribution in [-0.4, -0.2) is 5.97 Å². The lowest BCUT2D eigenvalue weighted by molar-refractivity contribution is -0.140. The van der Waals surface area contributed by atoms with Crippen molar-refractivity contribution in [3.05, 3.63) is 41.7 Å². The summed E-state index contributed by atoms with van der Waals surface area (Å²) in [6.45, 7) is 0. The average molecular weight is 326 g/mol. The summed E-state index contributed by atoms with van der Waals surface area (Å²) >= 11 is 0.